The van der Waals surface area contributed by atoms with Crippen LogP contribution in [0.5, 0.6) is 0 Å². The zero-order valence-electron chi connectivity index (χ0n) is 9.42. The molecule has 1 aromatic heterocycles. The molecule has 1 heterocycles. The van der Waals surface area contributed by atoms with E-state index in [1.54, 1.807) is 14.1 Å². The Balaban J connectivity index is 2.34. The van der Waals surface area contributed by atoms with Crippen molar-refractivity contribution in [3.05, 3.63) is 6.20 Å². The monoisotopic (exact) mass is 244 g/mol. The van der Waals surface area contributed by atoms with Crippen molar-refractivity contribution in [3.8, 4) is 0 Å². The smallest absolute Gasteiger partial charge is 0.248 e. The van der Waals surface area contributed by atoms with E-state index in [1.807, 2.05) is 0 Å². The van der Waals surface area contributed by atoms with Gasteiger partial charge < -0.3 is 5.73 Å². The highest BCUT2D eigenvalue weighted by molar-refractivity contribution is 7.89. The molecule has 0 aliphatic heterocycles. The molecule has 2 rings (SSSR count). The van der Waals surface area contributed by atoms with Gasteiger partial charge in [0.05, 0.1) is 0 Å². The SMILES string of the molecule is CN(C1CCC1)S(=O)(=O)c1cn(C)nc1N. The number of rotatable bonds is 3. The minimum absolute atomic E-state index is 0.0636. The van der Waals surface area contributed by atoms with Crippen LogP contribution < -0.4 is 5.73 Å². The number of aromatic nitrogens is 2. The Morgan fingerprint density at radius 3 is 2.56 bits per heavy atom. The van der Waals surface area contributed by atoms with Crippen molar-refractivity contribution in [3.63, 3.8) is 0 Å². The van der Waals surface area contributed by atoms with Gasteiger partial charge >= 0.3 is 0 Å². The zero-order valence-corrected chi connectivity index (χ0v) is 10.2. The molecule has 0 amide bonds. The Kier molecular flexibility index (Phi) is 2.67. The first-order valence-electron chi connectivity index (χ1n) is 5.20. The maximum atomic E-state index is 12.2. The van der Waals surface area contributed by atoms with E-state index in [0.29, 0.717) is 0 Å². The lowest BCUT2D eigenvalue weighted by Gasteiger charge is -2.33. The van der Waals surface area contributed by atoms with Crippen LogP contribution in [0.15, 0.2) is 11.1 Å². The molecule has 90 valence electrons. The largest absolute Gasteiger partial charge is 0.381 e. The summed E-state index contributed by atoms with van der Waals surface area (Å²) in [5.74, 6) is 0.0636. The summed E-state index contributed by atoms with van der Waals surface area (Å²) in [4.78, 5) is 0.101. The maximum absolute atomic E-state index is 12.2. The first-order valence-corrected chi connectivity index (χ1v) is 6.64. The molecule has 0 aromatic carbocycles. The Labute approximate surface area is 95.1 Å². The molecule has 0 atom stereocenters. The molecule has 2 N–H and O–H groups in total. The van der Waals surface area contributed by atoms with Crippen LogP contribution >= 0.6 is 0 Å². The van der Waals surface area contributed by atoms with Crippen molar-refractivity contribution in [2.24, 2.45) is 7.05 Å². The number of sulfonamides is 1. The minimum Gasteiger partial charge on any atom is -0.381 e. The van der Waals surface area contributed by atoms with Crippen LogP contribution in [0.3, 0.4) is 0 Å². The zero-order chi connectivity index (χ0) is 11.9. The third-order valence-electron chi connectivity index (χ3n) is 3.07. The van der Waals surface area contributed by atoms with Gasteiger partial charge in [-0.25, -0.2) is 8.42 Å². The van der Waals surface area contributed by atoms with Gasteiger partial charge in [0.25, 0.3) is 0 Å². The Hall–Kier alpha value is -1.08. The Morgan fingerprint density at radius 2 is 2.19 bits per heavy atom. The molecule has 1 aliphatic rings. The Morgan fingerprint density at radius 1 is 1.56 bits per heavy atom. The number of nitrogen functional groups attached to an aromatic ring is 1. The van der Waals surface area contributed by atoms with E-state index in [2.05, 4.69) is 5.10 Å². The molecule has 1 aromatic rings. The molecule has 0 bridgehead atoms. The average Bonchev–Trinajstić information content (AvgIpc) is 2.42. The highest BCUT2D eigenvalue weighted by atomic mass is 32.2. The van der Waals surface area contributed by atoms with E-state index in [1.165, 1.54) is 15.2 Å². The van der Waals surface area contributed by atoms with Gasteiger partial charge in [0, 0.05) is 26.3 Å². The molecule has 1 fully saturated rings. The summed E-state index contributed by atoms with van der Waals surface area (Å²) >= 11 is 0. The number of hydrogen-bond acceptors (Lipinski definition) is 4. The number of nitrogens with zero attached hydrogens (tertiary/aromatic N) is 3. The fourth-order valence-electron chi connectivity index (χ4n) is 1.78. The topological polar surface area (TPSA) is 81.2 Å². The first kappa shape index (κ1) is 11.4. The second kappa shape index (κ2) is 3.74. The van der Waals surface area contributed by atoms with Crippen LogP contribution in [0.1, 0.15) is 19.3 Å². The second-order valence-corrected chi connectivity index (χ2v) is 6.12. The van der Waals surface area contributed by atoms with E-state index < -0.39 is 10.0 Å². The van der Waals surface area contributed by atoms with Gasteiger partial charge in [-0.3, -0.25) is 4.68 Å². The van der Waals surface area contributed by atoms with Gasteiger partial charge in [-0.1, -0.05) is 6.42 Å². The van der Waals surface area contributed by atoms with Gasteiger partial charge in [0.15, 0.2) is 5.82 Å². The molecule has 1 aliphatic carbocycles. The van der Waals surface area contributed by atoms with Crippen LogP contribution in [-0.2, 0) is 17.1 Å². The van der Waals surface area contributed by atoms with Crippen molar-refractivity contribution >= 4 is 15.8 Å². The standard InChI is InChI=1S/C9H16N4O2S/c1-12-6-8(9(10)11-12)16(14,15)13(2)7-4-3-5-7/h6-7H,3-5H2,1-2H3,(H2,10,11). The van der Waals surface area contributed by atoms with Crippen LogP contribution in [-0.4, -0.2) is 35.6 Å². The van der Waals surface area contributed by atoms with Crippen molar-refractivity contribution in [1.29, 1.82) is 0 Å². The summed E-state index contributed by atoms with van der Waals surface area (Å²) in [5.41, 5.74) is 5.59. The molecule has 6 nitrogen and oxygen atoms in total. The Bertz CT molecular complexity index is 490. The number of anilines is 1. The third kappa shape index (κ3) is 1.69. The minimum atomic E-state index is -3.48. The molecule has 16 heavy (non-hydrogen) atoms. The highest BCUT2D eigenvalue weighted by Gasteiger charge is 2.33. The fourth-order valence-corrected chi connectivity index (χ4v) is 3.29. The van der Waals surface area contributed by atoms with Crippen LogP contribution in [0, 0.1) is 0 Å². The molecule has 0 unspecified atom stereocenters. The summed E-state index contributed by atoms with van der Waals surface area (Å²) in [7, 11) is -0.230. The van der Waals surface area contributed by atoms with Gasteiger partial charge in [0.2, 0.25) is 10.0 Å². The molecule has 1 saturated carbocycles. The summed E-state index contributed by atoms with van der Waals surface area (Å²) in [6.07, 6.45) is 4.39. The number of hydrogen-bond donors (Lipinski definition) is 1. The van der Waals surface area contributed by atoms with E-state index in [9.17, 15) is 8.42 Å². The second-order valence-electron chi connectivity index (χ2n) is 4.16. The van der Waals surface area contributed by atoms with E-state index in [-0.39, 0.29) is 16.8 Å². The highest BCUT2D eigenvalue weighted by Crippen LogP contribution is 2.29. The van der Waals surface area contributed by atoms with E-state index >= 15 is 0 Å². The molecule has 0 radical (unpaired) electrons. The van der Waals surface area contributed by atoms with Crippen LogP contribution in [0.25, 0.3) is 0 Å². The van der Waals surface area contributed by atoms with Crippen molar-refractivity contribution in [2.45, 2.75) is 30.2 Å². The molecular formula is C9H16N4O2S. The van der Waals surface area contributed by atoms with Gasteiger partial charge in [0.1, 0.15) is 4.90 Å². The lowest BCUT2D eigenvalue weighted by molar-refractivity contribution is 0.250. The fraction of sp³-hybridized carbons (Fsp3) is 0.667. The van der Waals surface area contributed by atoms with Crippen molar-refractivity contribution in [1.82, 2.24) is 14.1 Å². The average molecular weight is 244 g/mol. The third-order valence-corrected chi connectivity index (χ3v) is 4.99. The van der Waals surface area contributed by atoms with E-state index in [4.69, 9.17) is 5.73 Å². The molecule has 0 saturated heterocycles. The molecular weight excluding hydrogens is 228 g/mol. The van der Waals surface area contributed by atoms with Crippen molar-refractivity contribution < 1.29 is 8.42 Å². The summed E-state index contributed by atoms with van der Waals surface area (Å²) < 4.78 is 27.2. The summed E-state index contributed by atoms with van der Waals surface area (Å²) in [5, 5.41) is 3.85. The lowest BCUT2D eigenvalue weighted by Crippen LogP contribution is -2.41. The van der Waals surface area contributed by atoms with Crippen molar-refractivity contribution in [2.75, 3.05) is 12.8 Å². The normalized spacial score (nSPS) is 17.7. The molecule has 7 heteroatoms. The lowest BCUT2D eigenvalue weighted by atomic mass is 9.94. The van der Waals surface area contributed by atoms with Gasteiger partial charge in [-0.2, -0.15) is 9.40 Å². The maximum Gasteiger partial charge on any atom is 0.248 e. The van der Waals surface area contributed by atoms with Gasteiger partial charge in [-0.15, -0.1) is 0 Å². The summed E-state index contributed by atoms with van der Waals surface area (Å²) in [6.45, 7) is 0. The predicted octanol–water partition coefficient (Wildman–Crippen LogP) is 0.175. The number of nitrogens with two attached hydrogens (primary N) is 1. The van der Waals surface area contributed by atoms with E-state index in [0.717, 1.165) is 19.3 Å². The predicted molar refractivity (Wildman–Crippen MR) is 60.2 cm³/mol. The first-order chi connectivity index (χ1) is 7.43. The molecule has 0 spiro atoms. The summed E-state index contributed by atoms with van der Waals surface area (Å²) in [6, 6.07) is 0.115. The quantitative estimate of drug-likeness (QED) is 0.822. The van der Waals surface area contributed by atoms with Crippen LogP contribution in [0.2, 0.25) is 0 Å². The van der Waals surface area contributed by atoms with Crippen LogP contribution in [0.4, 0.5) is 5.82 Å². The van der Waals surface area contributed by atoms with Gasteiger partial charge in [-0.05, 0) is 12.8 Å². The number of aryl methyl sites for hydroxylation is 1.